The van der Waals surface area contributed by atoms with Crippen molar-refractivity contribution in [1.82, 2.24) is 5.32 Å². The molecule has 0 aromatic heterocycles. The second kappa shape index (κ2) is 7.53. The van der Waals surface area contributed by atoms with Crippen LogP contribution >= 0.6 is 11.6 Å². The normalized spacial score (nSPS) is 27.8. The molecule has 2 fully saturated rings. The molecule has 0 unspecified atom stereocenters. The Morgan fingerprint density at radius 1 is 1.21 bits per heavy atom. The molecule has 0 spiro atoms. The third-order valence-corrected chi connectivity index (χ3v) is 5.30. The van der Waals surface area contributed by atoms with E-state index in [0.717, 1.165) is 25.7 Å². The van der Waals surface area contributed by atoms with Gasteiger partial charge in [-0.1, -0.05) is 30.2 Å². The van der Waals surface area contributed by atoms with Crippen molar-refractivity contribution in [3.05, 3.63) is 29.3 Å². The number of piperidine rings is 1. The van der Waals surface area contributed by atoms with Gasteiger partial charge in [-0.25, -0.2) is 0 Å². The summed E-state index contributed by atoms with van der Waals surface area (Å²) < 4.78 is 0. The molecule has 0 radical (unpaired) electrons. The standard InChI is InChI=1S/C18H24ClN3O2/c19-14-7-1-2-9-16(14)22-10-4-8-15(18(22)24)21-17(23)12-5-3-6-13(20)11-12/h1-2,7,9,12-13,15H,3-6,8,10-11,20H2,(H,21,23)/t12-,13-,15-/m1/s1. The smallest absolute Gasteiger partial charge is 0.249 e. The lowest BCUT2D eigenvalue weighted by molar-refractivity contribution is -0.131. The van der Waals surface area contributed by atoms with Gasteiger partial charge >= 0.3 is 0 Å². The van der Waals surface area contributed by atoms with Crippen LogP contribution in [0.5, 0.6) is 0 Å². The Labute approximate surface area is 147 Å². The first kappa shape index (κ1) is 17.2. The molecule has 1 aromatic carbocycles. The quantitative estimate of drug-likeness (QED) is 0.880. The topological polar surface area (TPSA) is 75.4 Å². The molecule has 1 saturated heterocycles. The number of nitrogens with one attached hydrogen (secondary N) is 1. The predicted molar refractivity (Wildman–Crippen MR) is 94.9 cm³/mol. The lowest BCUT2D eigenvalue weighted by Crippen LogP contribution is -2.54. The molecule has 24 heavy (non-hydrogen) atoms. The molecule has 1 heterocycles. The lowest BCUT2D eigenvalue weighted by atomic mass is 9.85. The number of halogens is 1. The van der Waals surface area contributed by atoms with E-state index in [1.165, 1.54) is 0 Å². The van der Waals surface area contributed by atoms with Crippen molar-refractivity contribution in [2.24, 2.45) is 11.7 Å². The Morgan fingerprint density at radius 3 is 2.75 bits per heavy atom. The van der Waals surface area contributed by atoms with Gasteiger partial charge in [0, 0.05) is 18.5 Å². The minimum atomic E-state index is -0.472. The fourth-order valence-electron chi connectivity index (χ4n) is 3.67. The maximum atomic E-state index is 12.8. The highest BCUT2D eigenvalue weighted by Gasteiger charge is 2.34. The van der Waals surface area contributed by atoms with Gasteiger partial charge in [-0.05, 0) is 44.2 Å². The first-order chi connectivity index (χ1) is 11.6. The molecule has 3 atom stereocenters. The molecule has 1 aromatic rings. The molecule has 3 rings (SSSR count). The Kier molecular flexibility index (Phi) is 5.41. The van der Waals surface area contributed by atoms with Crippen molar-refractivity contribution in [2.45, 2.75) is 50.6 Å². The van der Waals surface area contributed by atoms with Crippen LogP contribution in [0.3, 0.4) is 0 Å². The fourth-order valence-corrected chi connectivity index (χ4v) is 3.91. The van der Waals surface area contributed by atoms with Gasteiger partial charge in [0.25, 0.3) is 0 Å². The third-order valence-electron chi connectivity index (χ3n) is 4.98. The summed E-state index contributed by atoms with van der Waals surface area (Å²) in [5.74, 6) is -0.190. The molecular weight excluding hydrogens is 326 g/mol. The zero-order valence-electron chi connectivity index (χ0n) is 13.7. The molecular formula is C18H24ClN3O2. The Hall–Kier alpha value is -1.59. The number of carbonyl (C=O) groups excluding carboxylic acids is 2. The molecule has 1 aliphatic heterocycles. The van der Waals surface area contributed by atoms with Crippen LogP contribution in [0.25, 0.3) is 0 Å². The van der Waals surface area contributed by atoms with Crippen LogP contribution in [-0.2, 0) is 9.59 Å². The number of para-hydroxylation sites is 1. The molecule has 2 amide bonds. The van der Waals surface area contributed by atoms with E-state index >= 15 is 0 Å². The van der Waals surface area contributed by atoms with Gasteiger partial charge in [0.1, 0.15) is 6.04 Å². The number of anilines is 1. The number of hydrogen-bond donors (Lipinski definition) is 2. The minimum absolute atomic E-state index is 0.0375. The van der Waals surface area contributed by atoms with Gasteiger partial charge in [-0.2, -0.15) is 0 Å². The van der Waals surface area contributed by atoms with Gasteiger partial charge in [-0.3, -0.25) is 9.59 Å². The summed E-state index contributed by atoms with van der Waals surface area (Å²) in [7, 11) is 0. The van der Waals surface area contributed by atoms with Crippen LogP contribution in [-0.4, -0.2) is 30.4 Å². The van der Waals surface area contributed by atoms with E-state index in [9.17, 15) is 9.59 Å². The minimum Gasteiger partial charge on any atom is -0.344 e. The monoisotopic (exact) mass is 349 g/mol. The molecule has 0 bridgehead atoms. The highest BCUT2D eigenvalue weighted by Crippen LogP contribution is 2.29. The number of nitrogens with two attached hydrogens (primary N) is 1. The fraction of sp³-hybridized carbons (Fsp3) is 0.556. The van der Waals surface area contributed by atoms with Crippen molar-refractivity contribution in [1.29, 1.82) is 0 Å². The van der Waals surface area contributed by atoms with Gasteiger partial charge in [0.05, 0.1) is 10.7 Å². The van der Waals surface area contributed by atoms with Gasteiger partial charge in [0.2, 0.25) is 11.8 Å². The average molecular weight is 350 g/mol. The summed E-state index contributed by atoms with van der Waals surface area (Å²) in [5.41, 5.74) is 6.68. The largest absolute Gasteiger partial charge is 0.344 e. The number of rotatable bonds is 3. The Morgan fingerprint density at radius 2 is 2.00 bits per heavy atom. The molecule has 130 valence electrons. The van der Waals surface area contributed by atoms with E-state index in [-0.39, 0.29) is 23.8 Å². The van der Waals surface area contributed by atoms with Gasteiger partial charge < -0.3 is 16.0 Å². The summed E-state index contributed by atoms with van der Waals surface area (Å²) in [6, 6.07) is 6.93. The first-order valence-electron chi connectivity index (χ1n) is 8.68. The summed E-state index contributed by atoms with van der Waals surface area (Å²) in [6.45, 7) is 0.628. The third kappa shape index (κ3) is 3.73. The zero-order valence-corrected chi connectivity index (χ0v) is 14.5. The van der Waals surface area contributed by atoms with Gasteiger partial charge in [-0.15, -0.1) is 0 Å². The maximum Gasteiger partial charge on any atom is 0.249 e. The first-order valence-corrected chi connectivity index (χ1v) is 9.06. The summed E-state index contributed by atoms with van der Waals surface area (Å²) in [5, 5.41) is 3.50. The van der Waals surface area contributed by atoms with Crippen molar-refractivity contribution in [3.8, 4) is 0 Å². The van der Waals surface area contributed by atoms with E-state index in [4.69, 9.17) is 17.3 Å². The molecule has 5 nitrogen and oxygen atoms in total. The number of nitrogens with zero attached hydrogens (tertiary/aromatic N) is 1. The molecule has 2 aliphatic rings. The van der Waals surface area contributed by atoms with Crippen molar-refractivity contribution >= 4 is 29.1 Å². The lowest BCUT2D eigenvalue weighted by Gasteiger charge is -2.34. The number of carbonyl (C=O) groups is 2. The van der Waals surface area contributed by atoms with Crippen molar-refractivity contribution < 1.29 is 9.59 Å². The van der Waals surface area contributed by atoms with Crippen LogP contribution in [0.2, 0.25) is 5.02 Å². The van der Waals surface area contributed by atoms with Crippen LogP contribution in [0.4, 0.5) is 5.69 Å². The number of amides is 2. The highest BCUT2D eigenvalue weighted by molar-refractivity contribution is 6.33. The van der Waals surface area contributed by atoms with Crippen LogP contribution in [0.15, 0.2) is 24.3 Å². The van der Waals surface area contributed by atoms with E-state index < -0.39 is 6.04 Å². The van der Waals surface area contributed by atoms with Crippen LogP contribution < -0.4 is 16.0 Å². The molecule has 3 N–H and O–H groups in total. The van der Waals surface area contributed by atoms with E-state index in [1.54, 1.807) is 11.0 Å². The van der Waals surface area contributed by atoms with E-state index in [1.807, 2.05) is 18.2 Å². The molecule has 1 aliphatic carbocycles. The summed E-state index contributed by atoms with van der Waals surface area (Å²) in [4.78, 5) is 27.0. The van der Waals surface area contributed by atoms with Crippen LogP contribution in [0, 0.1) is 5.92 Å². The highest BCUT2D eigenvalue weighted by atomic mass is 35.5. The zero-order chi connectivity index (χ0) is 17.1. The summed E-state index contributed by atoms with van der Waals surface area (Å²) in [6.07, 6.45) is 5.03. The van der Waals surface area contributed by atoms with Gasteiger partial charge in [0.15, 0.2) is 0 Å². The molecule has 6 heteroatoms. The van der Waals surface area contributed by atoms with E-state index in [0.29, 0.717) is 30.1 Å². The number of benzene rings is 1. The Bertz CT molecular complexity index is 622. The van der Waals surface area contributed by atoms with Crippen molar-refractivity contribution in [3.63, 3.8) is 0 Å². The van der Waals surface area contributed by atoms with Crippen molar-refractivity contribution in [2.75, 3.05) is 11.4 Å². The second-order valence-corrected chi connectivity index (χ2v) is 7.18. The Balaban J connectivity index is 1.67. The van der Waals surface area contributed by atoms with E-state index in [2.05, 4.69) is 5.32 Å². The number of hydrogen-bond acceptors (Lipinski definition) is 3. The maximum absolute atomic E-state index is 12.8. The predicted octanol–water partition coefficient (Wildman–Crippen LogP) is 2.47. The van der Waals surface area contributed by atoms with Crippen LogP contribution in [0.1, 0.15) is 38.5 Å². The second-order valence-electron chi connectivity index (χ2n) is 6.77. The SMILES string of the molecule is N[C@@H]1CCC[C@@H](C(=O)N[C@@H]2CCCN(c3ccccc3Cl)C2=O)C1. The summed E-state index contributed by atoms with van der Waals surface area (Å²) >= 11 is 6.22. The molecule has 1 saturated carbocycles. The average Bonchev–Trinajstić information content (AvgIpc) is 2.57.